The van der Waals surface area contributed by atoms with Gasteiger partial charge < -0.3 is 15.8 Å². The molecule has 0 spiro atoms. The van der Waals surface area contributed by atoms with Crippen LogP contribution >= 0.6 is 0 Å². The van der Waals surface area contributed by atoms with Gasteiger partial charge in [0.15, 0.2) is 0 Å². The van der Waals surface area contributed by atoms with Gasteiger partial charge in [-0.3, -0.25) is 4.79 Å². The van der Waals surface area contributed by atoms with Crippen LogP contribution in [0, 0.1) is 0 Å². The van der Waals surface area contributed by atoms with E-state index in [2.05, 4.69) is 11.4 Å². The molecule has 3 N–H and O–H groups in total. The fourth-order valence-corrected chi connectivity index (χ4v) is 2.91. The van der Waals surface area contributed by atoms with E-state index in [4.69, 9.17) is 10.5 Å². The molecule has 4 nitrogen and oxygen atoms in total. The Morgan fingerprint density at radius 1 is 1.26 bits per heavy atom. The first kappa shape index (κ1) is 15.6. The smallest absolute Gasteiger partial charge is 0.220 e. The molecule has 0 aliphatic carbocycles. The van der Waals surface area contributed by atoms with Crippen molar-refractivity contribution in [3.63, 3.8) is 0 Å². The lowest BCUT2D eigenvalue weighted by Gasteiger charge is -2.28. The fraction of sp³-hybridized carbons (Fsp3) is 0.316. The van der Waals surface area contributed by atoms with Gasteiger partial charge >= 0.3 is 0 Å². The molecule has 0 saturated heterocycles. The number of ether oxygens (including phenoxy) is 1. The summed E-state index contributed by atoms with van der Waals surface area (Å²) in [7, 11) is 0. The molecule has 2 atom stereocenters. The van der Waals surface area contributed by atoms with Gasteiger partial charge in [0, 0.05) is 18.4 Å². The number of benzene rings is 2. The van der Waals surface area contributed by atoms with E-state index in [1.807, 2.05) is 49.4 Å². The zero-order valence-electron chi connectivity index (χ0n) is 13.3. The normalized spacial score (nSPS) is 17.7. The first-order valence-corrected chi connectivity index (χ1v) is 8.05. The second-order valence-corrected chi connectivity index (χ2v) is 5.80. The van der Waals surface area contributed by atoms with Crippen molar-refractivity contribution in [1.82, 2.24) is 5.32 Å². The van der Waals surface area contributed by atoms with Crippen LogP contribution in [-0.4, -0.2) is 12.5 Å². The van der Waals surface area contributed by atoms with Gasteiger partial charge in [-0.1, -0.05) is 43.3 Å². The SMILES string of the molecule is CCC(=O)NC1CCOc2ccc(C(N)c3ccccc3)cc21. The molecule has 1 aliphatic heterocycles. The molecule has 2 aromatic rings. The Hall–Kier alpha value is -2.33. The molecule has 1 amide bonds. The number of amides is 1. The van der Waals surface area contributed by atoms with Crippen molar-refractivity contribution in [2.75, 3.05) is 6.61 Å². The molecule has 1 aliphatic rings. The van der Waals surface area contributed by atoms with E-state index in [1.54, 1.807) is 0 Å². The predicted molar refractivity (Wildman–Crippen MR) is 90.2 cm³/mol. The summed E-state index contributed by atoms with van der Waals surface area (Å²) in [5.74, 6) is 0.891. The highest BCUT2D eigenvalue weighted by atomic mass is 16.5. The van der Waals surface area contributed by atoms with E-state index in [9.17, 15) is 4.79 Å². The maximum absolute atomic E-state index is 11.8. The summed E-state index contributed by atoms with van der Waals surface area (Å²) in [6.07, 6.45) is 1.26. The summed E-state index contributed by atoms with van der Waals surface area (Å²) in [6, 6.07) is 15.8. The first-order valence-electron chi connectivity index (χ1n) is 8.05. The van der Waals surface area contributed by atoms with Crippen molar-refractivity contribution >= 4 is 5.91 Å². The van der Waals surface area contributed by atoms with E-state index in [1.165, 1.54) is 0 Å². The van der Waals surface area contributed by atoms with Crippen molar-refractivity contribution in [2.24, 2.45) is 5.73 Å². The van der Waals surface area contributed by atoms with Gasteiger partial charge in [0.2, 0.25) is 5.91 Å². The van der Waals surface area contributed by atoms with E-state index >= 15 is 0 Å². The zero-order chi connectivity index (χ0) is 16.2. The summed E-state index contributed by atoms with van der Waals surface area (Å²) in [5, 5.41) is 3.07. The Kier molecular flexibility index (Phi) is 4.63. The zero-order valence-corrected chi connectivity index (χ0v) is 13.3. The lowest BCUT2D eigenvalue weighted by molar-refractivity contribution is -0.121. The van der Waals surface area contributed by atoms with Crippen LogP contribution in [0.3, 0.4) is 0 Å². The summed E-state index contributed by atoms with van der Waals surface area (Å²) < 4.78 is 5.72. The molecule has 1 heterocycles. The summed E-state index contributed by atoms with van der Waals surface area (Å²) in [5.41, 5.74) is 9.50. The van der Waals surface area contributed by atoms with E-state index in [0.29, 0.717) is 13.0 Å². The fourth-order valence-electron chi connectivity index (χ4n) is 2.91. The molecule has 2 unspecified atom stereocenters. The third kappa shape index (κ3) is 3.37. The van der Waals surface area contributed by atoms with Crippen molar-refractivity contribution in [2.45, 2.75) is 31.8 Å². The third-order valence-corrected chi connectivity index (χ3v) is 4.25. The molecule has 0 saturated carbocycles. The average Bonchev–Trinajstić information content (AvgIpc) is 2.61. The van der Waals surface area contributed by atoms with Crippen LogP contribution in [0.15, 0.2) is 48.5 Å². The molecule has 23 heavy (non-hydrogen) atoms. The molecule has 3 rings (SSSR count). The lowest BCUT2D eigenvalue weighted by atomic mass is 9.93. The lowest BCUT2D eigenvalue weighted by Crippen LogP contribution is -2.31. The topological polar surface area (TPSA) is 64.3 Å². The van der Waals surface area contributed by atoms with Crippen molar-refractivity contribution < 1.29 is 9.53 Å². The Labute approximate surface area is 136 Å². The third-order valence-electron chi connectivity index (χ3n) is 4.25. The number of hydrogen-bond acceptors (Lipinski definition) is 3. The van der Waals surface area contributed by atoms with Gasteiger partial charge in [-0.25, -0.2) is 0 Å². The molecular weight excluding hydrogens is 288 g/mol. The van der Waals surface area contributed by atoms with Gasteiger partial charge in [-0.05, 0) is 23.3 Å². The van der Waals surface area contributed by atoms with Gasteiger partial charge in [0.05, 0.1) is 18.7 Å². The Balaban J connectivity index is 1.90. The molecule has 0 aromatic heterocycles. The average molecular weight is 310 g/mol. The van der Waals surface area contributed by atoms with Crippen LogP contribution in [0.2, 0.25) is 0 Å². The van der Waals surface area contributed by atoms with Crippen LogP contribution in [0.1, 0.15) is 48.5 Å². The van der Waals surface area contributed by atoms with Crippen LogP contribution < -0.4 is 15.8 Å². The summed E-state index contributed by atoms with van der Waals surface area (Å²) in [4.78, 5) is 11.8. The molecule has 0 bridgehead atoms. The molecule has 120 valence electrons. The molecule has 0 fully saturated rings. The van der Waals surface area contributed by atoms with Gasteiger partial charge in [0.25, 0.3) is 0 Å². The summed E-state index contributed by atoms with van der Waals surface area (Å²) in [6.45, 7) is 2.48. The maximum Gasteiger partial charge on any atom is 0.220 e. The van der Waals surface area contributed by atoms with Crippen molar-refractivity contribution in [1.29, 1.82) is 0 Å². The second-order valence-electron chi connectivity index (χ2n) is 5.80. The van der Waals surface area contributed by atoms with E-state index < -0.39 is 0 Å². The number of fused-ring (bicyclic) bond motifs is 1. The second kappa shape index (κ2) is 6.84. The number of nitrogens with two attached hydrogens (primary N) is 1. The van der Waals surface area contributed by atoms with Crippen LogP contribution in [0.4, 0.5) is 0 Å². The van der Waals surface area contributed by atoms with Gasteiger partial charge in [0.1, 0.15) is 5.75 Å². The highest BCUT2D eigenvalue weighted by molar-refractivity contribution is 5.76. The van der Waals surface area contributed by atoms with Crippen LogP contribution in [0.5, 0.6) is 5.75 Å². The minimum absolute atomic E-state index is 0.00544. The Morgan fingerprint density at radius 2 is 2.04 bits per heavy atom. The first-order chi connectivity index (χ1) is 11.2. The van der Waals surface area contributed by atoms with Gasteiger partial charge in [-0.2, -0.15) is 0 Å². The Morgan fingerprint density at radius 3 is 2.78 bits per heavy atom. The number of nitrogens with one attached hydrogen (secondary N) is 1. The standard InChI is InChI=1S/C19H22N2O2/c1-2-18(22)21-16-10-11-23-17-9-8-14(12-15(16)17)19(20)13-6-4-3-5-7-13/h3-9,12,16,19H,2,10-11,20H2,1H3,(H,21,22). The van der Waals surface area contributed by atoms with Crippen molar-refractivity contribution in [3.8, 4) is 5.75 Å². The van der Waals surface area contributed by atoms with E-state index in [0.717, 1.165) is 28.9 Å². The largest absolute Gasteiger partial charge is 0.493 e. The molecule has 0 radical (unpaired) electrons. The van der Waals surface area contributed by atoms with Crippen LogP contribution in [0.25, 0.3) is 0 Å². The predicted octanol–water partition coefficient (Wildman–Crippen LogP) is 3.08. The Bertz CT molecular complexity index is 685. The highest BCUT2D eigenvalue weighted by Gasteiger charge is 2.24. The monoisotopic (exact) mass is 310 g/mol. The van der Waals surface area contributed by atoms with Crippen molar-refractivity contribution in [3.05, 3.63) is 65.2 Å². The maximum atomic E-state index is 11.8. The van der Waals surface area contributed by atoms with Gasteiger partial charge in [-0.15, -0.1) is 0 Å². The number of carbonyl (C=O) groups excluding carboxylic acids is 1. The summed E-state index contributed by atoms with van der Waals surface area (Å²) >= 11 is 0. The minimum atomic E-state index is -0.189. The molecular formula is C19H22N2O2. The molecule has 4 heteroatoms. The molecule has 2 aromatic carbocycles. The number of hydrogen-bond donors (Lipinski definition) is 2. The van der Waals surface area contributed by atoms with Crippen LogP contribution in [-0.2, 0) is 4.79 Å². The number of rotatable bonds is 4. The highest BCUT2D eigenvalue weighted by Crippen LogP contribution is 2.34. The number of carbonyl (C=O) groups is 1. The minimum Gasteiger partial charge on any atom is -0.493 e. The quantitative estimate of drug-likeness (QED) is 0.912. The van der Waals surface area contributed by atoms with E-state index in [-0.39, 0.29) is 18.0 Å².